The van der Waals surface area contributed by atoms with Crippen LogP contribution in [0.5, 0.6) is 0 Å². The monoisotopic (exact) mass is 415 g/mol. The number of aryl methyl sites for hydroxylation is 2. The average molecular weight is 416 g/mol. The summed E-state index contributed by atoms with van der Waals surface area (Å²) in [6.07, 6.45) is 7.39. The van der Waals surface area contributed by atoms with Crippen LogP contribution in [-0.2, 0) is 31.2 Å². The van der Waals surface area contributed by atoms with Gasteiger partial charge in [0.05, 0.1) is 19.8 Å². The Bertz CT molecular complexity index is 992. The number of imidazole rings is 1. The Hall–Kier alpha value is -1.48. The number of thiophene rings is 1. The molecule has 0 N–H and O–H groups in total. The fourth-order valence-electron chi connectivity index (χ4n) is 3.99. The van der Waals surface area contributed by atoms with Crippen molar-refractivity contribution in [2.45, 2.75) is 42.9 Å². The molecular formula is C20H25N5OS2. The third-order valence-corrected chi connectivity index (χ3v) is 7.81. The number of morpholine rings is 1. The van der Waals surface area contributed by atoms with E-state index in [0.717, 1.165) is 66.0 Å². The number of fused-ring (bicyclic) bond motifs is 3. The van der Waals surface area contributed by atoms with E-state index in [1.807, 2.05) is 30.8 Å². The Morgan fingerprint density at radius 3 is 2.93 bits per heavy atom. The zero-order valence-corrected chi connectivity index (χ0v) is 18.0. The lowest BCUT2D eigenvalue weighted by Crippen LogP contribution is -2.36. The Morgan fingerprint density at radius 1 is 1.29 bits per heavy atom. The summed E-state index contributed by atoms with van der Waals surface area (Å²) in [6.45, 7) is 6.62. The van der Waals surface area contributed by atoms with Crippen LogP contribution in [0.25, 0.3) is 10.2 Å². The van der Waals surface area contributed by atoms with Crippen molar-refractivity contribution in [1.29, 1.82) is 0 Å². The lowest BCUT2D eigenvalue weighted by molar-refractivity contribution is 0.0330. The van der Waals surface area contributed by atoms with Crippen molar-refractivity contribution in [3.8, 4) is 0 Å². The lowest BCUT2D eigenvalue weighted by Gasteiger charge is -2.25. The minimum atomic E-state index is 0.756. The number of hydrogen-bond acceptors (Lipinski definition) is 7. The number of rotatable bonds is 4. The molecule has 1 fully saturated rings. The standard InChI is InChI=1S/C20H25N5OS2/c1-13-3-4-14-15(11-13)27-18-17(14)19(28-20-21-5-6-24(20)2)23-16(22-18)12-25-7-9-26-10-8-25/h5-6,13H,3-4,7-12H2,1-2H3. The Kier molecular flexibility index (Phi) is 5.13. The van der Waals surface area contributed by atoms with Crippen molar-refractivity contribution >= 4 is 33.3 Å². The van der Waals surface area contributed by atoms with Gasteiger partial charge in [0, 0.05) is 42.8 Å². The van der Waals surface area contributed by atoms with E-state index in [-0.39, 0.29) is 0 Å². The number of nitrogens with zero attached hydrogens (tertiary/aromatic N) is 5. The van der Waals surface area contributed by atoms with Crippen LogP contribution in [0.15, 0.2) is 22.6 Å². The van der Waals surface area contributed by atoms with Crippen LogP contribution in [0.4, 0.5) is 0 Å². The van der Waals surface area contributed by atoms with Gasteiger partial charge in [-0.3, -0.25) is 4.90 Å². The molecule has 0 saturated carbocycles. The van der Waals surface area contributed by atoms with E-state index in [1.54, 1.807) is 11.8 Å². The normalized spacial score (nSPS) is 20.6. The number of aromatic nitrogens is 4. The van der Waals surface area contributed by atoms with E-state index in [9.17, 15) is 0 Å². The summed E-state index contributed by atoms with van der Waals surface area (Å²) < 4.78 is 7.54. The molecule has 3 aromatic rings. The van der Waals surface area contributed by atoms with Gasteiger partial charge >= 0.3 is 0 Å². The molecule has 4 heterocycles. The molecule has 148 valence electrons. The third kappa shape index (κ3) is 3.58. The van der Waals surface area contributed by atoms with Gasteiger partial charge in [-0.2, -0.15) is 0 Å². The van der Waals surface area contributed by atoms with Crippen molar-refractivity contribution in [2.75, 3.05) is 26.3 Å². The largest absolute Gasteiger partial charge is 0.379 e. The molecule has 2 aliphatic rings. The molecule has 1 aliphatic carbocycles. The average Bonchev–Trinajstić information content (AvgIpc) is 3.25. The van der Waals surface area contributed by atoms with Gasteiger partial charge in [-0.25, -0.2) is 15.0 Å². The van der Waals surface area contributed by atoms with Gasteiger partial charge in [0.15, 0.2) is 5.16 Å². The molecule has 5 rings (SSSR count). The first-order valence-electron chi connectivity index (χ1n) is 9.94. The van der Waals surface area contributed by atoms with E-state index >= 15 is 0 Å². The predicted molar refractivity (Wildman–Crippen MR) is 112 cm³/mol. The van der Waals surface area contributed by atoms with E-state index in [0.29, 0.717) is 0 Å². The van der Waals surface area contributed by atoms with Gasteiger partial charge < -0.3 is 9.30 Å². The zero-order valence-electron chi connectivity index (χ0n) is 16.3. The highest BCUT2D eigenvalue weighted by atomic mass is 32.2. The van der Waals surface area contributed by atoms with Crippen molar-refractivity contribution < 1.29 is 4.74 Å². The summed E-state index contributed by atoms with van der Waals surface area (Å²) in [7, 11) is 2.03. The second kappa shape index (κ2) is 7.74. The Morgan fingerprint density at radius 2 is 2.14 bits per heavy atom. The summed E-state index contributed by atoms with van der Waals surface area (Å²) in [5, 5.41) is 3.31. The van der Waals surface area contributed by atoms with Crippen LogP contribution >= 0.6 is 23.1 Å². The van der Waals surface area contributed by atoms with Crippen LogP contribution in [0.3, 0.4) is 0 Å². The van der Waals surface area contributed by atoms with E-state index in [4.69, 9.17) is 14.7 Å². The first-order valence-corrected chi connectivity index (χ1v) is 11.6. The van der Waals surface area contributed by atoms with Crippen molar-refractivity contribution in [1.82, 2.24) is 24.4 Å². The quantitative estimate of drug-likeness (QED) is 0.608. The smallest absolute Gasteiger partial charge is 0.174 e. The third-order valence-electron chi connectivity index (χ3n) is 5.60. The second-order valence-electron chi connectivity index (χ2n) is 7.79. The molecule has 28 heavy (non-hydrogen) atoms. The zero-order chi connectivity index (χ0) is 19.1. The molecular weight excluding hydrogens is 390 g/mol. The summed E-state index contributed by atoms with van der Waals surface area (Å²) in [5.41, 5.74) is 1.48. The first-order chi connectivity index (χ1) is 13.7. The minimum absolute atomic E-state index is 0.756. The van der Waals surface area contributed by atoms with Gasteiger partial charge in [0.25, 0.3) is 0 Å². The van der Waals surface area contributed by atoms with Crippen LogP contribution in [0.1, 0.15) is 29.6 Å². The molecule has 8 heteroatoms. The number of hydrogen-bond donors (Lipinski definition) is 0. The van der Waals surface area contributed by atoms with E-state index in [2.05, 4.69) is 21.4 Å². The van der Waals surface area contributed by atoms with Crippen LogP contribution in [-0.4, -0.2) is 50.7 Å². The van der Waals surface area contributed by atoms with Crippen molar-refractivity contribution in [3.05, 3.63) is 28.7 Å². The molecule has 0 radical (unpaired) electrons. The van der Waals surface area contributed by atoms with Gasteiger partial charge in [0.1, 0.15) is 15.7 Å². The molecule has 0 aromatic carbocycles. The first kappa shape index (κ1) is 18.5. The summed E-state index contributed by atoms with van der Waals surface area (Å²) in [4.78, 5) is 19.6. The molecule has 0 spiro atoms. The van der Waals surface area contributed by atoms with Gasteiger partial charge in [-0.15, -0.1) is 11.3 Å². The van der Waals surface area contributed by atoms with Crippen molar-refractivity contribution in [2.24, 2.45) is 13.0 Å². The second-order valence-corrected chi connectivity index (χ2v) is 9.83. The molecule has 0 bridgehead atoms. The van der Waals surface area contributed by atoms with Crippen LogP contribution < -0.4 is 0 Å². The van der Waals surface area contributed by atoms with Crippen LogP contribution in [0.2, 0.25) is 0 Å². The van der Waals surface area contributed by atoms with Crippen molar-refractivity contribution in [3.63, 3.8) is 0 Å². The summed E-state index contributed by atoms with van der Waals surface area (Å²) >= 11 is 3.54. The summed E-state index contributed by atoms with van der Waals surface area (Å²) in [6, 6.07) is 0. The molecule has 3 aromatic heterocycles. The predicted octanol–water partition coefficient (Wildman–Crippen LogP) is 3.53. The Balaban J connectivity index is 1.57. The summed E-state index contributed by atoms with van der Waals surface area (Å²) in [5.74, 6) is 1.67. The molecule has 0 amide bonds. The highest BCUT2D eigenvalue weighted by Gasteiger charge is 2.25. The number of ether oxygens (including phenoxy) is 1. The van der Waals surface area contributed by atoms with E-state index in [1.165, 1.54) is 28.7 Å². The molecule has 1 saturated heterocycles. The molecule has 6 nitrogen and oxygen atoms in total. The highest BCUT2D eigenvalue weighted by molar-refractivity contribution is 7.99. The minimum Gasteiger partial charge on any atom is -0.379 e. The fourth-order valence-corrected chi connectivity index (χ4v) is 6.42. The fraction of sp³-hybridized carbons (Fsp3) is 0.550. The van der Waals surface area contributed by atoms with Gasteiger partial charge in [-0.05, 0) is 42.5 Å². The Labute approximate surface area is 173 Å². The maximum atomic E-state index is 5.48. The van der Waals surface area contributed by atoms with Gasteiger partial charge in [-0.1, -0.05) is 6.92 Å². The maximum absolute atomic E-state index is 5.48. The highest BCUT2D eigenvalue weighted by Crippen LogP contribution is 2.42. The van der Waals surface area contributed by atoms with Crippen LogP contribution in [0, 0.1) is 5.92 Å². The van der Waals surface area contributed by atoms with Gasteiger partial charge in [0.2, 0.25) is 0 Å². The lowest BCUT2D eigenvalue weighted by atomic mass is 9.89. The topological polar surface area (TPSA) is 56.1 Å². The SMILES string of the molecule is CC1CCc2c(sc3nc(CN4CCOCC4)nc(Sc4nccn4C)c23)C1. The molecule has 1 atom stereocenters. The molecule has 1 unspecified atom stereocenters. The maximum Gasteiger partial charge on any atom is 0.174 e. The van der Waals surface area contributed by atoms with E-state index < -0.39 is 0 Å². The molecule has 1 aliphatic heterocycles.